The van der Waals surface area contributed by atoms with Crippen LogP contribution in [0.3, 0.4) is 0 Å². The van der Waals surface area contributed by atoms with Crippen LogP contribution in [0.4, 0.5) is 0 Å². The van der Waals surface area contributed by atoms with Crippen LogP contribution in [0.2, 0.25) is 0 Å². The first kappa shape index (κ1) is 22.0. The Balaban J connectivity index is 2.12. The summed E-state index contributed by atoms with van der Waals surface area (Å²) in [4.78, 5) is 30.9. The van der Waals surface area contributed by atoms with Gasteiger partial charge in [0.1, 0.15) is 6.04 Å². The number of hydrogen-bond acceptors (Lipinski definition) is 4. The number of hydrogen-bond donors (Lipinski definition) is 3. The van der Waals surface area contributed by atoms with Crippen LogP contribution >= 0.6 is 12.6 Å². The second-order valence-electron chi connectivity index (χ2n) is 9.32. The van der Waals surface area contributed by atoms with Crippen molar-refractivity contribution in [3.8, 4) is 0 Å². The number of rotatable bonds is 4. The van der Waals surface area contributed by atoms with Crippen LogP contribution in [-0.4, -0.2) is 40.9 Å². The summed E-state index contributed by atoms with van der Waals surface area (Å²) in [5.41, 5.74) is 13.9. The molecule has 0 aromatic carbocycles. The normalized spacial score (nSPS) is 30.9. The average molecular weight is 395 g/mol. The van der Waals surface area contributed by atoms with Crippen LogP contribution in [0.25, 0.3) is 0 Å². The van der Waals surface area contributed by atoms with E-state index in [0.29, 0.717) is 18.9 Å². The van der Waals surface area contributed by atoms with Gasteiger partial charge in [-0.3, -0.25) is 14.6 Å². The molecule has 0 radical (unpaired) electrons. The Bertz CT molecular complexity index is 630. The Labute approximate surface area is 168 Å². The van der Waals surface area contributed by atoms with Gasteiger partial charge < -0.3 is 16.4 Å². The van der Waals surface area contributed by atoms with Crippen LogP contribution in [0.1, 0.15) is 59.8 Å². The molecule has 2 atom stereocenters. The molecule has 152 valence electrons. The number of carbonyl (C=O) groups excluding carboxylic acids is 2. The molecule has 0 bridgehead atoms. The lowest BCUT2D eigenvalue weighted by atomic mass is 9.69. The van der Waals surface area contributed by atoms with Gasteiger partial charge in [0.25, 0.3) is 0 Å². The molecular weight excluding hydrogens is 360 g/mol. The predicted octanol–water partition coefficient (Wildman–Crippen LogP) is 2.48. The van der Waals surface area contributed by atoms with Gasteiger partial charge in [0, 0.05) is 12.2 Å². The first-order valence-corrected chi connectivity index (χ1v) is 10.2. The maximum absolute atomic E-state index is 13.0. The predicted molar refractivity (Wildman–Crippen MR) is 112 cm³/mol. The van der Waals surface area contributed by atoms with Crippen molar-refractivity contribution < 1.29 is 9.59 Å². The minimum absolute atomic E-state index is 0.0297. The second kappa shape index (κ2) is 8.35. The minimum atomic E-state index is -0.643. The highest BCUT2D eigenvalue weighted by Gasteiger charge is 2.50. The molecule has 1 aliphatic heterocycles. The molecule has 27 heavy (non-hydrogen) atoms. The Morgan fingerprint density at radius 1 is 1.30 bits per heavy atom. The standard InChI is InChI=1S/C20H34N4O2S/c1-13(23-12-27)9-14-5-7-20(8-6-14)10-15(17(22)25)24(11-20)18(26)16(21)19(2,3)4/h9,12,14-16H,5-8,10-11,21H2,1-4H3,(H2,22,25)(H,23,27)/b13-9+/t14?,15-,16?,20?/m0/s1. The smallest absolute Gasteiger partial charge is 0.240 e. The number of likely N-dealkylation sites (tertiary alicyclic amines) is 1. The summed E-state index contributed by atoms with van der Waals surface area (Å²) >= 11 is 4.01. The van der Waals surface area contributed by atoms with E-state index in [4.69, 9.17) is 11.5 Å². The third-order valence-electron chi connectivity index (χ3n) is 6.15. The summed E-state index contributed by atoms with van der Waals surface area (Å²) in [7, 11) is 0. The first-order chi connectivity index (χ1) is 12.5. The van der Waals surface area contributed by atoms with Gasteiger partial charge in [-0.05, 0) is 55.8 Å². The topological polar surface area (TPSA) is 102 Å². The van der Waals surface area contributed by atoms with E-state index in [9.17, 15) is 9.59 Å². The summed E-state index contributed by atoms with van der Waals surface area (Å²) in [6.45, 7) is 8.37. The zero-order valence-corrected chi connectivity index (χ0v) is 17.8. The van der Waals surface area contributed by atoms with E-state index in [1.165, 1.54) is 5.55 Å². The number of carbonyl (C=O) groups is 2. The van der Waals surface area contributed by atoms with Crippen LogP contribution in [0.15, 0.2) is 16.8 Å². The second-order valence-corrected chi connectivity index (χ2v) is 9.55. The van der Waals surface area contributed by atoms with Crippen LogP contribution < -0.4 is 11.5 Å². The van der Waals surface area contributed by atoms with Gasteiger partial charge in [0.2, 0.25) is 11.8 Å². The first-order valence-electron chi connectivity index (χ1n) is 9.70. The van der Waals surface area contributed by atoms with Crippen molar-refractivity contribution >= 4 is 30.0 Å². The molecule has 1 saturated carbocycles. The molecule has 6 nitrogen and oxygen atoms in total. The minimum Gasteiger partial charge on any atom is -0.368 e. The highest BCUT2D eigenvalue weighted by molar-refractivity contribution is 7.94. The molecule has 2 fully saturated rings. The van der Waals surface area contributed by atoms with E-state index < -0.39 is 18.0 Å². The fraction of sp³-hybridized carbons (Fsp3) is 0.750. The van der Waals surface area contributed by atoms with E-state index in [1.807, 2.05) is 27.7 Å². The molecule has 1 heterocycles. The van der Waals surface area contributed by atoms with Crippen molar-refractivity contribution in [3.63, 3.8) is 0 Å². The van der Waals surface area contributed by atoms with Gasteiger partial charge in [-0.2, -0.15) is 0 Å². The monoisotopic (exact) mass is 394 g/mol. The van der Waals surface area contributed by atoms with Crippen molar-refractivity contribution in [2.24, 2.45) is 33.2 Å². The summed E-state index contributed by atoms with van der Waals surface area (Å²) in [6, 6.07) is -1.19. The van der Waals surface area contributed by atoms with E-state index in [-0.39, 0.29) is 16.7 Å². The van der Waals surface area contributed by atoms with E-state index in [1.54, 1.807) is 4.90 Å². The zero-order valence-electron chi connectivity index (χ0n) is 16.9. The zero-order chi connectivity index (χ0) is 20.4. The van der Waals surface area contributed by atoms with Gasteiger partial charge in [0.15, 0.2) is 0 Å². The van der Waals surface area contributed by atoms with Gasteiger partial charge in [0.05, 0.1) is 11.6 Å². The summed E-state index contributed by atoms with van der Waals surface area (Å²) in [5, 5.41) is 0. The Morgan fingerprint density at radius 2 is 1.89 bits per heavy atom. The van der Waals surface area contributed by atoms with E-state index in [2.05, 4.69) is 23.7 Å². The number of primary amides is 1. The maximum Gasteiger partial charge on any atom is 0.240 e. The molecule has 1 unspecified atom stereocenters. The lowest BCUT2D eigenvalue weighted by Crippen LogP contribution is -2.54. The molecule has 0 aromatic rings. The Kier molecular flexibility index (Phi) is 6.79. The highest BCUT2D eigenvalue weighted by atomic mass is 32.1. The third-order valence-corrected chi connectivity index (χ3v) is 6.26. The third kappa shape index (κ3) is 5.13. The van der Waals surface area contributed by atoms with Crippen molar-refractivity contribution in [2.45, 2.75) is 71.9 Å². The number of amides is 2. The van der Waals surface area contributed by atoms with Gasteiger partial charge in [-0.15, -0.1) is 12.6 Å². The van der Waals surface area contributed by atoms with Crippen LogP contribution in [0, 0.1) is 16.7 Å². The quantitative estimate of drug-likeness (QED) is 0.388. The van der Waals surface area contributed by atoms with Gasteiger partial charge in [-0.1, -0.05) is 26.8 Å². The summed E-state index contributed by atoms with van der Waals surface area (Å²) in [6.07, 6.45) is 6.85. The summed E-state index contributed by atoms with van der Waals surface area (Å²) in [5.74, 6) is -0.118. The Morgan fingerprint density at radius 3 is 2.37 bits per heavy atom. The molecular formula is C20H34N4O2S. The van der Waals surface area contributed by atoms with E-state index in [0.717, 1.165) is 31.4 Å². The number of nitrogens with zero attached hydrogens (tertiary/aromatic N) is 2. The highest BCUT2D eigenvalue weighted by Crippen LogP contribution is 2.48. The van der Waals surface area contributed by atoms with Crippen LogP contribution in [-0.2, 0) is 9.59 Å². The molecule has 0 aromatic heterocycles. The van der Waals surface area contributed by atoms with Crippen molar-refractivity contribution in [2.75, 3.05) is 6.54 Å². The van der Waals surface area contributed by atoms with Gasteiger partial charge in [-0.25, -0.2) is 0 Å². The summed E-state index contributed by atoms with van der Waals surface area (Å²) < 4.78 is 0. The maximum atomic E-state index is 13.0. The number of allylic oxidation sites excluding steroid dienone is 2. The SMILES string of the molecule is CC(=C\C1CCC2(CC1)C[C@@H](C(N)=O)N(C(=O)C(N)C(C)(C)C)C2)/N=C\S. The number of aliphatic imine (C=N–C) groups is 1. The molecule has 1 saturated heterocycles. The number of thiol groups is 1. The van der Waals surface area contributed by atoms with Gasteiger partial charge >= 0.3 is 0 Å². The van der Waals surface area contributed by atoms with Crippen molar-refractivity contribution in [3.05, 3.63) is 11.8 Å². The van der Waals surface area contributed by atoms with Crippen molar-refractivity contribution in [1.29, 1.82) is 0 Å². The fourth-order valence-electron chi connectivity index (χ4n) is 4.35. The average Bonchev–Trinajstić information content (AvgIpc) is 2.95. The largest absolute Gasteiger partial charge is 0.368 e. The molecule has 7 heteroatoms. The molecule has 2 rings (SSSR count). The molecule has 2 amide bonds. The number of nitrogens with two attached hydrogens (primary N) is 2. The Hall–Kier alpha value is -1.34. The van der Waals surface area contributed by atoms with Crippen molar-refractivity contribution in [1.82, 2.24) is 4.90 Å². The molecule has 1 spiro atoms. The lowest BCUT2D eigenvalue weighted by Gasteiger charge is -2.37. The molecule has 4 N–H and O–H groups in total. The lowest BCUT2D eigenvalue weighted by molar-refractivity contribution is -0.140. The fourth-order valence-corrected chi connectivity index (χ4v) is 4.53. The molecule has 1 aliphatic carbocycles. The van der Waals surface area contributed by atoms with E-state index >= 15 is 0 Å². The molecule has 2 aliphatic rings. The van der Waals surface area contributed by atoms with Crippen LogP contribution in [0.5, 0.6) is 0 Å².